The lowest BCUT2D eigenvalue weighted by atomic mass is 9.87. The third-order valence-electron chi connectivity index (χ3n) is 3.76. The van der Waals surface area contributed by atoms with E-state index in [0.29, 0.717) is 11.6 Å². The first kappa shape index (κ1) is 16.5. The number of hydrogen-bond acceptors (Lipinski definition) is 3. The van der Waals surface area contributed by atoms with E-state index in [2.05, 4.69) is 15.4 Å². The van der Waals surface area contributed by atoms with Crippen LogP contribution in [-0.4, -0.2) is 30.4 Å². The average molecular weight is 314 g/mol. The summed E-state index contributed by atoms with van der Waals surface area (Å²) in [6.07, 6.45) is 3.43. The summed E-state index contributed by atoms with van der Waals surface area (Å²) in [7, 11) is 0. The number of alkyl halides is 2. The Hall–Kier alpha value is -1.89. The van der Waals surface area contributed by atoms with E-state index in [0.717, 1.165) is 25.7 Å². The van der Waals surface area contributed by atoms with Gasteiger partial charge < -0.3 is 20.5 Å². The number of carbonyl (C=O) groups is 1. The number of anilines is 1. The molecule has 1 aromatic carbocycles. The molecule has 0 radical (unpaired) electrons. The summed E-state index contributed by atoms with van der Waals surface area (Å²) in [4.78, 5) is 11.9. The molecule has 0 unspecified atom stereocenters. The highest BCUT2D eigenvalue weighted by molar-refractivity contribution is 5.89. The fourth-order valence-electron chi connectivity index (χ4n) is 2.59. The van der Waals surface area contributed by atoms with Crippen molar-refractivity contribution >= 4 is 11.7 Å². The molecule has 0 atom stereocenters. The van der Waals surface area contributed by atoms with Crippen molar-refractivity contribution in [3.05, 3.63) is 24.3 Å². The summed E-state index contributed by atoms with van der Waals surface area (Å²) in [5.41, 5.74) is 0.389. The molecular formula is C15H20F2N2O3. The summed E-state index contributed by atoms with van der Waals surface area (Å²) in [6, 6.07) is 5.56. The normalized spacial score (nSPS) is 21.5. The van der Waals surface area contributed by atoms with Crippen molar-refractivity contribution in [2.75, 3.05) is 11.9 Å². The number of aliphatic hydroxyl groups is 1. The molecule has 3 N–H and O–H groups in total. The average Bonchev–Trinajstić information content (AvgIpc) is 2.47. The quantitative estimate of drug-likeness (QED) is 0.782. The van der Waals surface area contributed by atoms with Gasteiger partial charge in [0.2, 0.25) is 0 Å². The van der Waals surface area contributed by atoms with E-state index in [9.17, 15) is 13.6 Å². The SMILES string of the molecule is O=C(Nc1cccc(OC(F)F)c1)NC1CCC(CO)CC1. The highest BCUT2D eigenvalue weighted by Crippen LogP contribution is 2.24. The Bertz CT molecular complexity index is 491. The van der Waals surface area contributed by atoms with Gasteiger partial charge in [-0.2, -0.15) is 8.78 Å². The van der Waals surface area contributed by atoms with Crippen LogP contribution in [0.5, 0.6) is 5.75 Å². The number of rotatable bonds is 5. The second-order valence-electron chi connectivity index (χ2n) is 5.41. The minimum Gasteiger partial charge on any atom is -0.435 e. The van der Waals surface area contributed by atoms with Crippen LogP contribution in [0.1, 0.15) is 25.7 Å². The highest BCUT2D eigenvalue weighted by atomic mass is 19.3. The fourth-order valence-corrected chi connectivity index (χ4v) is 2.59. The molecule has 2 rings (SSSR count). The summed E-state index contributed by atoms with van der Waals surface area (Å²) in [6.45, 7) is -2.71. The number of hydrogen-bond donors (Lipinski definition) is 3. The van der Waals surface area contributed by atoms with E-state index in [1.54, 1.807) is 6.07 Å². The Labute approximate surface area is 127 Å². The minimum atomic E-state index is -2.90. The molecule has 122 valence electrons. The molecule has 0 heterocycles. The monoisotopic (exact) mass is 314 g/mol. The van der Waals surface area contributed by atoms with Crippen LogP contribution in [0.3, 0.4) is 0 Å². The predicted octanol–water partition coefficient (Wildman–Crippen LogP) is 2.96. The number of benzene rings is 1. The standard InChI is InChI=1S/C15H20F2N2O3/c16-14(17)22-13-3-1-2-12(8-13)19-15(21)18-11-6-4-10(9-20)5-7-11/h1-3,8,10-11,14,20H,4-7,9H2,(H2,18,19,21). The Balaban J connectivity index is 1.82. The molecule has 1 aliphatic carbocycles. The van der Waals surface area contributed by atoms with Crippen LogP contribution in [0.4, 0.5) is 19.3 Å². The van der Waals surface area contributed by atoms with Crippen molar-refractivity contribution in [2.24, 2.45) is 5.92 Å². The maximum absolute atomic E-state index is 12.1. The number of nitrogens with one attached hydrogen (secondary N) is 2. The van der Waals surface area contributed by atoms with Crippen LogP contribution >= 0.6 is 0 Å². The Morgan fingerprint density at radius 2 is 2.05 bits per heavy atom. The van der Waals surface area contributed by atoms with E-state index in [-0.39, 0.29) is 24.4 Å². The van der Waals surface area contributed by atoms with E-state index in [1.165, 1.54) is 18.2 Å². The lowest BCUT2D eigenvalue weighted by Gasteiger charge is -2.27. The van der Waals surface area contributed by atoms with Gasteiger partial charge >= 0.3 is 12.6 Å². The number of amides is 2. The van der Waals surface area contributed by atoms with Crippen molar-refractivity contribution < 1.29 is 23.4 Å². The molecule has 0 bridgehead atoms. The fraction of sp³-hybridized carbons (Fsp3) is 0.533. The molecule has 1 aromatic rings. The molecule has 5 nitrogen and oxygen atoms in total. The molecular weight excluding hydrogens is 294 g/mol. The lowest BCUT2D eigenvalue weighted by Crippen LogP contribution is -2.40. The summed E-state index contributed by atoms with van der Waals surface area (Å²) in [5.74, 6) is 0.320. The van der Waals surface area contributed by atoms with E-state index in [4.69, 9.17) is 5.11 Å². The molecule has 0 aromatic heterocycles. The Morgan fingerprint density at radius 1 is 1.32 bits per heavy atom. The Morgan fingerprint density at radius 3 is 2.68 bits per heavy atom. The van der Waals surface area contributed by atoms with E-state index < -0.39 is 6.61 Å². The van der Waals surface area contributed by atoms with Crippen LogP contribution in [0, 0.1) is 5.92 Å². The van der Waals surface area contributed by atoms with Crippen molar-refractivity contribution in [3.63, 3.8) is 0 Å². The van der Waals surface area contributed by atoms with Crippen molar-refractivity contribution in [1.29, 1.82) is 0 Å². The molecule has 1 fully saturated rings. The molecule has 7 heteroatoms. The number of carbonyl (C=O) groups excluding carboxylic acids is 1. The van der Waals surface area contributed by atoms with Gasteiger partial charge in [0.25, 0.3) is 0 Å². The number of urea groups is 1. The van der Waals surface area contributed by atoms with E-state index >= 15 is 0 Å². The van der Waals surface area contributed by atoms with Crippen LogP contribution in [0.15, 0.2) is 24.3 Å². The highest BCUT2D eigenvalue weighted by Gasteiger charge is 2.21. The number of aliphatic hydroxyl groups excluding tert-OH is 1. The number of halogens is 2. The van der Waals surface area contributed by atoms with Crippen LogP contribution < -0.4 is 15.4 Å². The van der Waals surface area contributed by atoms with Gasteiger partial charge in [-0.3, -0.25) is 0 Å². The molecule has 0 aliphatic heterocycles. The van der Waals surface area contributed by atoms with E-state index in [1.807, 2.05) is 0 Å². The summed E-state index contributed by atoms with van der Waals surface area (Å²) >= 11 is 0. The lowest BCUT2D eigenvalue weighted by molar-refractivity contribution is -0.0497. The smallest absolute Gasteiger partial charge is 0.387 e. The zero-order valence-corrected chi connectivity index (χ0v) is 12.1. The third-order valence-corrected chi connectivity index (χ3v) is 3.76. The van der Waals surface area contributed by atoms with Gasteiger partial charge in [0.15, 0.2) is 0 Å². The second kappa shape index (κ2) is 7.93. The topological polar surface area (TPSA) is 70.6 Å². The minimum absolute atomic E-state index is 0.00347. The van der Waals surface area contributed by atoms with Crippen molar-refractivity contribution in [3.8, 4) is 5.75 Å². The van der Waals surface area contributed by atoms with Gasteiger partial charge in [-0.25, -0.2) is 4.79 Å². The zero-order valence-electron chi connectivity index (χ0n) is 12.1. The van der Waals surface area contributed by atoms with Gasteiger partial charge in [0.1, 0.15) is 5.75 Å². The maximum atomic E-state index is 12.1. The third kappa shape index (κ3) is 5.14. The molecule has 1 saturated carbocycles. The van der Waals surface area contributed by atoms with Crippen molar-refractivity contribution in [1.82, 2.24) is 5.32 Å². The van der Waals surface area contributed by atoms with Crippen molar-refractivity contribution in [2.45, 2.75) is 38.3 Å². The van der Waals surface area contributed by atoms with Gasteiger partial charge in [-0.05, 0) is 43.7 Å². The first-order valence-electron chi connectivity index (χ1n) is 7.30. The van der Waals surface area contributed by atoms with Gasteiger partial charge in [-0.15, -0.1) is 0 Å². The molecule has 0 spiro atoms. The first-order chi connectivity index (χ1) is 10.6. The summed E-state index contributed by atoms with van der Waals surface area (Å²) in [5, 5.41) is 14.5. The zero-order chi connectivity index (χ0) is 15.9. The van der Waals surface area contributed by atoms with Gasteiger partial charge in [0.05, 0.1) is 0 Å². The Kier molecular flexibility index (Phi) is 5.94. The second-order valence-corrected chi connectivity index (χ2v) is 5.41. The van der Waals surface area contributed by atoms with Crippen LogP contribution in [0.2, 0.25) is 0 Å². The maximum Gasteiger partial charge on any atom is 0.387 e. The predicted molar refractivity (Wildman–Crippen MR) is 78.1 cm³/mol. The molecule has 1 aliphatic rings. The summed E-state index contributed by atoms with van der Waals surface area (Å²) < 4.78 is 28.6. The molecule has 22 heavy (non-hydrogen) atoms. The first-order valence-corrected chi connectivity index (χ1v) is 7.30. The van der Waals surface area contributed by atoms with Gasteiger partial charge in [0, 0.05) is 24.4 Å². The van der Waals surface area contributed by atoms with Crippen LogP contribution in [0.25, 0.3) is 0 Å². The number of ether oxygens (including phenoxy) is 1. The molecule has 2 amide bonds. The van der Waals surface area contributed by atoms with Gasteiger partial charge in [-0.1, -0.05) is 6.07 Å². The van der Waals surface area contributed by atoms with Crippen LogP contribution in [-0.2, 0) is 0 Å². The largest absolute Gasteiger partial charge is 0.435 e. The molecule has 0 saturated heterocycles.